The molecule has 86 valence electrons. The van der Waals surface area contributed by atoms with Crippen molar-refractivity contribution in [2.45, 2.75) is 27.7 Å². The van der Waals surface area contributed by atoms with Crippen molar-refractivity contribution in [2.24, 2.45) is 5.92 Å². The van der Waals surface area contributed by atoms with Crippen LogP contribution in [0.4, 0.5) is 0 Å². The SMILES string of the molecule is CC1=C(C)C(=O)C(C(C)C(=O)O)=C(C)C1=O. The number of Topliss-reactive ketones (excluding diaryl/α,β-unsaturated/α-hetero) is 2. The summed E-state index contributed by atoms with van der Waals surface area (Å²) in [5.41, 5.74) is 1.12. The van der Waals surface area contributed by atoms with Crippen LogP contribution < -0.4 is 0 Å². The molecule has 0 radical (unpaired) electrons. The number of ketones is 2. The van der Waals surface area contributed by atoms with Crippen molar-refractivity contribution in [3.05, 3.63) is 22.3 Å². The third kappa shape index (κ3) is 1.71. The molecule has 1 N–H and O–H groups in total. The second-order valence-electron chi connectivity index (χ2n) is 4.01. The van der Waals surface area contributed by atoms with Gasteiger partial charge in [0.25, 0.3) is 0 Å². The Morgan fingerprint density at radius 1 is 1.00 bits per heavy atom. The van der Waals surface area contributed by atoms with Gasteiger partial charge in [0.2, 0.25) is 0 Å². The first-order valence-electron chi connectivity index (χ1n) is 4.99. The lowest BCUT2D eigenvalue weighted by Crippen LogP contribution is -2.27. The Kier molecular flexibility index (Phi) is 3.12. The van der Waals surface area contributed by atoms with Gasteiger partial charge in [-0.25, -0.2) is 0 Å². The minimum absolute atomic E-state index is 0.112. The third-order valence-corrected chi connectivity index (χ3v) is 3.04. The van der Waals surface area contributed by atoms with Gasteiger partial charge in [-0.05, 0) is 27.7 Å². The van der Waals surface area contributed by atoms with Crippen LogP contribution in [0.5, 0.6) is 0 Å². The highest BCUT2D eigenvalue weighted by molar-refractivity contribution is 6.25. The second kappa shape index (κ2) is 4.04. The number of carbonyl (C=O) groups is 3. The molecule has 0 amide bonds. The molecule has 1 rings (SSSR count). The Hall–Kier alpha value is -1.71. The molecule has 0 aromatic carbocycles. The van der Waals surface area contributed by atoms with Gasteiger partial charge in [-0.1, -0.05) is 0 Å². The molecular weight excluding hydrogens is 208 g/mol. The van der Waals surface area contributed by atoms with E-state index in [1.165, 1.54) is 13.8 Å². The fourth-order valence-corrected chi connectivity index (χ4v) is 1.76. The Morgan fingerprint density at radius 2 is 1.44 bits per heavy atom. The van der Waals surface area contributed by atoms with Gasteiger partial charge in [0.1, 0.15) is 0 Å². The molecule has 0 saturated carbocycles. The minimum atomic E-state index is -1.09. The fourth-order valence-electron chi connectivity index (χ4n) is 1.76. The molecular formula is C12H14O4. The topological polar surface area (TPSA) is 71.4 Å². The number of aliphatic carboxylic acids is 1. The van der Waals surface area contributed by atoms with E-state index in [-0.39, 0.29) is 22.7 Å². The molecule has 1 aliphatic carbocycles. The smallest absolute Gasteiger partial charge is 0.310 e. The van der Waals surface area contributed by atoms with E-state index >= 15 is 0 Å². The van der Waals surface area contributed by atoms with Crippen molar-refractivity contribution in [2.75, 3.05) is 0 Å². The van der Waals surface area contributed by atoms with Crippen molar-refractivity contribution >= 4 is 17.5 Å². The number of hydrogen-bond donors (Lipinski definition) is 1. The van der Waals surface area contributed by atoms with Crippen LogP contribution in [0.2, 0.25) is 0 Å². The maximum atomic E-state index is 11.9. The zero-order chi connectivity index (χ0) is 12.6. The Morgan fingerprint density at radius 3 is 1.88 bits per heavy atom. The van der Waals surface area contributed by atoms with Crippen molar-refractivity contribution in [1.82, 2.24) is 0 Å². The van der Waals surface area contributed by atoms with Crippen LogP contribution in [0.1, 0.15) is 27.7 Å². The second-order valence-corrected chi connectivity index (χ2v) is 4.01. The van der Waals surface area contributed by atoms with Crippen LogP contribution in [0.25, 0.3) is 0 Å². The average molecular weight is 222 g/mol. The van der Waals surface area contributed by atoms with E-state index in [0.717, 1.165) is 0 Å². The molecule has 1 unspecified atom stereocenters. The molecule has 0 aliphatic heterocycles. The van der Waals surface area contributed by atoms with Gasteiger partial charge in [0.15, 0.2) is 11.6 Å². The zero-order valence-electron chi connectivity index (χ0n) is 9.75. The molecule has 0 heterocycles. The van der Waals surface area contributed by atoms with Crippen LogP contribution in [0.15, 0.2) is 22.3 Å². The highest BCUT2D eigenvalue weighted by Gasteiger charge is 2.33. The molecule has 1 atom stereocenters. The molecule has 4 nitrogen and oxygen atoms in total. The first kappa shape index (κ1) is 12.4. The van der Waals surface area contributed by atoms with Crippen LogP contribution in [0.3, 0.4) is 0 Å². The summed E-state index contributed by atoms with van der Waals surface area (Å²) in [4.78, 5) is 34.5. The van der Waals surface area contributed by atoms with E-state index in [1.807, 2.05) is 0 Å². The maximum Gasteiger partial charge on any atom is 0.310 e. The predicted molar refractivity (Wildman–Crippen MR) is 57.9 cm³/mol. The number of carboxylic acids is 1. The Balaban J connectivity index is 3.35. The summed E-state index contributed by atoms with van der Waals surface area (Å²) in [7, 11) is 0. The lowest BCUT2D eigenvalue weighted by molar-refractivity contribution is -0.140. The van der Waals surface area contributed by atoms with Gasteiger partial charge in [-0.3, -0.25) is 14.4 Å². The normalized spacial score (nSPS) is 19.2. The summed E-state index contributed by atoms with van der Waals surface area (Å²) in [5.74, 6) is -2.60. The van der Waals surface area contributed by atoms with E-state index in [0.29, 0.717) is 11.1 Å². The van der Waals surface area contributed by atoms with Crippen molar-refractivity contribution < 1.29 is 19.5 Å². The van der Waals surface area contributed by atoms with Crippen molar-refractivity contribution in [3.8, 4) is 0 Å². The lowest BCUT2D eigenvalue weighted by atomic mass is 9.81. The summed E-state index contributed by atoms with van der Waals surface area (Å²) in [6.07, 6.45) is 0. The standard InChI is InChI=1S/C12H14O4/c1-5-6(2)11(14)9(7(3)10(5)13)8(4)12(15)16/h8H,1-4H3,(H,15,16). The minimum Gasteiger partial charge on any atom is -0.481 e. The lowest BCUT2D eigenvalue weighted by Gasteiger charge is -2.20. The summed E-state index contributed by atoms with van der Waals surface area (Å²) >= 11 is 0. The molecule has 0 bridgehead atoms. The maximum absolute atomic E-state index is 11.9. The molecule has 0 spiro atoms. The molecule has 0 aromatic heterocycles. The van der Waals surface area contributed by atoms with Gasteiger partial charge >= 0.3 is 5.97 Å². The first-order chi connectivity index (χ1) is 7.29. The van der Waals surface area contributed by atoms with E-state index in [1.54, 1.807) is 13.8 Å². The van der Waals surface area contributed by atoms with Gasteiger partial charge in [-0.15, -0.1) is 0 Å². The predicted octanol–water partition coefficient (Wildman–Crippen LogP) is 1.51. The van der Waals surface area contributed by atoms with Gasteiger partial charge < -0.3 is 5.11 Å². The van der Waals surface area contributed by atoms with E-state index in [4.69, 9.17) is 5.11 Å². The number of allylic oxidation sites excluding steroid dienone is 3. The highest BCUT2D eigenvalue weighted by atomic mass is 16.4. The quantitative estimate of drug-likeness (QED) is 0.719. The molecule has 0 fully saturated rings. The fraction of sp³-hybridized carbons (Fsp3) is 0.417. The molecule has 1 aliphatic rings. The monoisotopic (exact) mass is 222 g/mol. The first-order valence-corrected chi connectivity index (χ1v) is 4.99. The molecule has 16 heavy (non-hydrogen) atoms. The largest absolute Gasteiger partial charge is 0.481 e. The van der Waals surface area contributed by atoms with Crippen LogP contribution in [-0.2, 0) is 14.4 Å². The van der Waals surface area contributed by atoms with Crippen LogP contribution in [-0.4, -0.2) is 22.6 Å². The Bertz CT molecular complexity index is 452. The van der Waals surface area contributed by atoms with Crippen LogP contribution in [0, 0.1) is 5.92 Å². The van der Waals surface area contributed by atoms with Gasteiger partial charge in [0.05, 0.1) is 5.92 Å². The van der Waals surface area contributed by atoms with Gasteiger partial charge in [0, 0.05) is 22.3 Å². The molecule has 0 aromatic rings. The molecule has 4 heteroatoms. The van der Waals surface area contributed by atoms with Crippen molar-refractivity contribution in [1.29, 1.82) is 0 Å². The molecule has 0 saturated heterocycles. The average Bonchev–Trinajstić information content (AvgIpc) is 2.23. The van der Waals surface area contributed by atoms with Crippen molar-refractivity contribution in [3.63, 3.8) is 0 Å². The summed E-state index contributed by atoms with van der Waals surface area (Å²) in [5, 5.41) is 8.89. The zero-order valence-corrected chi connectivity index (χ0v) is 9.75. The highest BCUT2D eigenvalue weighted by Crippen LogP contribution is 2.28. The summed E-state index contributed by atoms with van der Waals surface area (Å²) < 4.78 is 0. The van der Waals surface area contributed by atoms with E-state index in [2.05, 4.69) is 0 Å². The van der Waals surface area contributed by atoms with E-state index < -0.39 is 11.9 Å². The third-order valence-electron chi connectivity index (χ3n) is 3.04. The number of hydrogen-bond acceptors (Lipinski definition) is 3. The van der Waals surface area contributed by atoms with E-state index in [9.17, 15) is 14.4 Å². The van der Waals surface area contributed by atoms with Crippen LogP contribution >= 0.6 is 0 Å². The number of rotatable bonds is 2. The number of carboxylic acid groups (broad SMARTS) is 1. The summed E-state index contributed by atoms with van der Waals surface area (Å²) in [6, 6.07) is 0. The Labute approximate surface area is 93.6 Å². The number of carbonyl (C=O) groups excluding carboxylic acids is 2. The van der Waals surface area contributed by atoms with Gasteiger partial charge in [-0.2, -0.15) is 0 Å². The summed E-state index contributed by atoms with van der Waals surface area (Å²) in [6.45, 7) is 6.06.